The molecule has 4 nitrogen and oxygen atoms in total. The van der Waals surface area contributed by atoms with Gasteiger partial charge in [-0.05, 0) is 17.0 Å². The van der Waals surface area contributed by atoms with Gasteiger partial charge in [0.25, 0.3) is 0 Å². The van der Waals surface area contributed by atoms with Crippen LogP contribution in [0.4, 0.5) is 3.89 Å². The number of hydrogen-bond acceptors (Lipinski definition) is 3. The number of amides is 1. The fraction of sp³-hybridized carbons (Fsp3) is 0.533. The molecule has 21 heavy (non-hydrogen) atoms. The fourth-order valence-corrected chi connectivity index (χ4v) is 3.41. The minimum atomic E-state index is -4.52. The first kappa shape index (κ1) is 15.9. The predicted molar refractivity (Wildman–Crippen MR) is 78.9 cm³/mol. The van der Waals surface area contributed by atoms with Crippen LogP contribution in [0.1, 0.15) is 37.3 Å². The van der Waals surface area contributed by atoms with Gasteiger partial charge in [0.15, 0.2) is 0 Å². The monoisotopic (exact) mass is 313 g/mol. The van der Waals surface area contributed by atoms with Crippen molar-refractivity contribution in [3.63, 3.8) is 0 Å². The zero-order valence-electron chi connectivity index (χ0n) is 12.3. The van der Waals surface area contributed by atoms with Crippen molar-refractivity contribution < 1.29 is 17.1 Å². The molecule has 1 atom stereocenters. The Balaban J connectivity index is 1.98. The standard InChI is InChI=1S/C15H20FNO3S/c1-11(2)14-5-3-12(4-6-14)8-17-9-13(7-15(17)18)10-21(16,19)20/h3-6,11,13H,7-10H2,1-2H3. The summed E-state index contributed by atoms with van der Waals surface area (Å²) in [4.78, 5) is 13.5. The lowest BCUT2D eigenvalue weighted by Crippen LogP contribution is -2.25. The second-order valence-electron chi connectivity index (χ2n) is 5.95. The molecule has 2 rings (SSSR count). The lowest BCUT2D eigenvalue weighted by molar-refractivity contribution is -0.128. The molecule has 0 saturated carbocycles. The molecule has 1 aliphatic heterocycles. The molecule has 1 heterocycles. The van der Waals surface area contributed by atoms with Crippen LogP contribution in [0.25, 0.3) is 0 Å². The molecular formula is C15H20FNO3S. The lowest BCUT2D eigenvalue weighted by atomic mass is 10.0. The Morgan fingerprint density at radius 1 is 1.29 bits per heavy atom. The maximum Gasteiger partial charge on any atom is 0.302 e. The summed E-state index contributed by atoms with van der Waals surface area (Å²) in [5, 5.41) is 0. The molecule has 116 valence electrons. The number of rotatable bonds is 5. The van der Waals surface area contributed by atoms with Gasteiger partial charge in [0.05, 0.1) is 5.75 Å². The fourth-order valence-electron chi connectivity index (χ4n) is 2.63. The smallest absolute Gasteiger partial charge is 0.302 e. The van der Waals surface area contributed by atoms with Gasteiger partial charge in [-0.2, -0.15) is 8.42 Å². The van der Waals surface area contributed by atoms with Crippen LogP contribution in [0.5, 0.6) is 0 Å². The molecule has 0 N–H and O–H groups in total. The van der Waals surface area contributed by atoms with Gasteiger partial charge in [-0.25, -0.2) is 0 Å². The minimum absolute atomic E-state index is 0.104. The number of nitrogens with zero attached hydrogens (tertiary/aromatic N) is 1. The van der Waals surface area contributed by atoms with Crippen LogP contribution >= 0.6 is 0 Å². The van der Waals surface area contributed by atoms with Crippen LogP contribution in [0.2, 0.25) is 0 Å². The summed E-state index contributed by atoms with van der Waals surface area (Å²) in [5.41, 5.74) is 2.23. The molecule has 0 radical (unpaired) electrons. The first-order valence-corrected chi connectivity index (χ1v) is 8.59. The molecule has 1 aromatic rings. The van der Waals surface area contributed by atoms with Crippen LogP contribution in [0, 0.1) is 5.92 Å². The zero-order valence-corrected chi connectivity index (χ0v) is 13.1. The normalized spacial score (nSPS) is 19.5. The average Bonchev–Trinajstić information content (AvgIpc) is 2.67. The highest BCUT2D eigenvalue weighted by atomic mass is 32.3. The van der Waals surface area contributed by atoms with Gasteiger partial charge < -0.3 is 4.90 Å². The number of carbonyl (C=O) groups is 1. The largest absolute Gasteiger partial charge is 0.338 e. The highest BCUT2D eigenvalue weighted by molar-refractivity contribution is 7.86. The molecule has 0 bridgehead atoms. The first-order valence-electron chi connectivity index (χ1n) is 7.03. The predicted octanol–water partition coefficient (Wildman–Crippen LogP) is 2.46. The van der Waals surface area contributed by atoms with E-state index < -0.39 is 21.9 Å². The van der Waals surface area contributed by atoms with Crippen LogP contribution in [-0.4, -0.2) is 31.5 Å². The van der Waals surface area contributed by atoms with Gasteiger partial charge in [0.1, 0.15) is 0 Å². The van der Waals surface area contributed by atoms with Gasteiger partial charge in [-0.15, -0.1) is 3.89 Å². The SMILES string of the molecule is CC(C)c1ccc(CN2CC(CS(=O)(=O)F)CC2=O)cc1. The van der Waals surface area contributed by atoms with E-state index in [1.807, 2.05) is 24.3 Å². The Labute approximate surface area is 125 Å². The molecule has 1 aromatic carbocycles. The maximum atomic E-state index is 12.7. The summed E-state index contributed by atoms with van der Waals surface area (Å²) in [6.45, 7) is 4.97. The van der Waals surface area contributed by atoms with E-state index in [1.54, 1.807) is 4.90 Å². The van der Waals surface area contributed by atoms with E-state index in [2.05, 4.69) is 13.8 Å². The number of hydrogen-bond donors (Lipinski definition) is 0. The Morgan fingerprint density at radius 3 is 2.43 bits per heavy atom. The van der Waals surface area contributed by atoms with Crippen molar-refractivity contribution in [3.05, 3.63) is 35.4 Å². The third-order valence-corrected chi connectivity index (χ3v) is 4.62. The summed E-state index contributed by atoms with van der Waals surface area (Å²) in [6, 6.07) is 8.01. The topological polar surface area (TPSA) is 54.5 Å². The van der Waals surface area contributed by atoms with Crippen LogP contribution < -0.4 is 0 Å². The van der Waals surface area contributed by atoms with Gasteiger partial charge in [-0.1, -0.05) is 38.1 Å². The van der Waals surface area contributed by atoms with Gasteiger partial charge in [0, 0.05) is 25.4 Å². The summed E-state index contributed by atoms with van der Waals surface area (Å²) in [6.07, 6.45) is 0.104. The van der Waals surface area contributed by atoms with Crippen LogP contribution in [0.3, 0.4) is 0 Å². The Bertz CT molecular complexity index is 610. The number of likely N-dealkylation sites (tertiary alicyclic amines) is 1. The molecule has 1 saturated heterocycles. The molecule has 0 aliphatic carbocycles. The summed E-state index contributed by atoms with van der Waals surface area (Å²) in [7, 11) is -4.52. The van der Waals surface area contributed by atoms with Crippen molar-refractivity contribution in [3.8, 4) is 0 Å². The summed E-state index contributed by atoms with van der Waals surface area (Å²) >= 11 is 0. The van der Waals surface area contributed by atoms with Crippen molar-refractivity contribution in [2.24, 2.45) is 5.92 Å². The van der Waals surface area contributed by atoms with E-state index in [-0.39, 0.29) is 12.3 Å². The molecule has 1 aliphatic rings. The van der Waals surface area contributed by atoms with Gasteiger partial charge >= 0.3 is 10.2 Å². The van der Waals surface area contributed by atoms with E-state index in [1.165, 1.54) is 5.56 Å². The second-order valence-corrected chi connectivity index (χ2v) is 7.36. The van der Waals surface area contributed by atoms with Crippen molar-refractivity contribution in [1.29, 1.82) is 0 Å². The molecule has 1 amide bonds. The summed E-state index contributed by atoms with van der Waals surface area (Å²) < 4.78 is 34.0. The zero-order chi connectivity index (χ0) is 15.6. The maximum absolute atomic E-state index is 12.7. The average molecular weight is 313 g/mol. The molecular weight excluding hydrogens is 293 g/mol. The Hall–Kier alpha value is -1.43. The third-order valence-electron chi connectivity index (χ3n) is 3.75. The molecule has 0 aromatic heterocycles. The number of halogens is 1. The van der Waals surface area contributed by atoms with Crippen molar-refractivity contribution in [1.82, 2.24) is 4.90 Å². The van der Waals surface area contributed by atoms with Crippen LogP contribution in [0.15, 0.2) is 24.3 Å². The quantitative estimate of drug-likeness (QED) is 0.785. The van der Waals surface area contributed by atoms with Gasteiger partial charge in [0.2, 0.25) is 5.91 Å². The van der Waals surface area contributed by atoms with Crippen molar-refractivity contribution >= 4 is 16.1 Å². The van der Waals surface area contributed by atoms with Crippen molar-refractivity contribution in [2.75, 3.05) is 12.3 Å². The molecule has 1 unspecified atom stereocenters. The minimum Gasteiger partial charge on any atom is -0.338 e. The second kappa shape index (κ2) is 6.13. The highest BCUT2D eigenvalue weighted by Crippen LogP contribution is 2.23. The highest BCUT2D eigenvalue weighted by Gasteiger charge is 2.32. The molecule has 6 heteroatoms. The molecule has 1 fully saturated rings. The third kappa shape index (κ3) is 4.52. The van der Waals surface area contributed by atoms with Crippen molar-refractivity contribution in [2.45, 2.75) is 32.7 Å². The van der Waals surface area contributed by atoms with E-state index in [0.29, 0.717) is 19.0 Å². The first-order chi connectivity index (χ1) is 9.74. The Morgan fingerprint density at radius 2 is 1.90 bits per heavy atom. The summed E-state index contributed by atoms with van der Waals surface area (Å²) in [5.74, 6) is -0.674. The van der Waals surface area contributed by atoms with E-state index >= 15 is 0 Å². The number of carbonyl (C=O) groups excluding carboxylic acids is 1. The van der Waals surface area contributed by atoms with Gasteiger partial charge in [-0.3, -0.25) is 4.79 Å². The van der Waals surface area contributed by atoms with Crippen LogP contribution in [-0.2, 0) is 21.6 Å². The molecule has 0 spiro atoms. The Kier molecular flexibility index (Phi) is 4.66. The van der Waals surface area contributed by atoms with E-state index in [0.717, 1.165) is 5.56 Å². The van der Waals surface area contributed by atoms with E-state index in [9.17, 15) is 17.1 Å². The lowest BCUT2D eigenvalue weighted by Gasteiger charge is -2.17. The van der Waals surface area contributed by atoms with E-state index in [4.69, 9.17) is 0 Å². The number of benzene rings is 1.